The molecule has 1 atom stereocenters. The highest BCUT2D eigenvalue weighted by Gasteiger charge is 2.32. The van der Waals surface area contributed by atoms with Gasteiger partial charge in [0.2, 0.25) is 21.8 Å². The topological polar surface area (TPSA) is 86.8 Å². The van der Waals surface area contributed by atoms with Crippen LogP contribution in [0.1, 0.15) is 44.4 Å². The molecule has 7 nitrogen and oxygen atoms in total. The van der Waals surface area contributed by atoms with Crippen molar-refractivity contribution >= 4 is 50.7 Å². The van der Waals surface area contributed by atoms with Crippen LogP contribution in [0.2, 0.25) is 10.0 Å². The molecule has 2 aromatic rings. The quantitative estimate of drug-likeness (QED) is 0.524. The van der Waals surface area contributed by atoms with Crippen LogP contribution in [0, 0.1) is 13.8 Å². The second kappa shape index (κ2) is 11.2. The minimum absolute atomic E-state index is 0.0690. The van der Waals surface area contributed by atoms with Gasteiger partial charge in [-0.1, -0.05) is 47.5 Å². The van der Waals surface area contributed by atoms with E-state index in [1.807, 2.05) is 26.8 Å². The first kappa shape index (κ1) is 28.9. The van der Waals surface area contributed by atoms with Crippen molar-refractivity contribution in [2.24, 2.45) is 0 Å². The SMILES string of the molecule is Cc1cccc(C)c1N(CC(=O)N(Cc1c(Cl)cccc1Cl)C(C)C(=O)NC(C)(C)C)S(C)(=O)=O. The molecule has 1 N–H and O–H groups in total. The van der Waals surface area contributed by atoms with Crippen LogP contribution in [0.15, 0.2) is 36.4 Å². The van der Waals surface area contributed by atoms with Gasteiger partial charge in [0, 0.05) is 27.7 Å². The van der Waals surface area contributed by atoms with Crippen molar-refractivity contribution in [1.82, 2.24) is 10.2 Å². The lowest BCUT2D eigenvalue weighted by Crippen LogP contribution is -2.54. The number of hydrogen-bond acceptors (Lipinski definition) is 4. The third-order valence-corrected chi connectivity index (χ3v) is 7.24. The van der Waals surface area contributed by atoms with Crippen molar-refractivity contribution in [3.05, 3.63) is 63.1 Å². The Morgan fingerprint density at radius 1 is 1.00 bits per heavy atom. The molecular weight excluding hydrogens is 509 g/mol. The number of nitrogens with one attached hydrogen (secondary N) is 1. The number of carbonyl (C=O) groups is 2. The Labute approximate surface area is 218 Å². The molecule has 2 amide bonds. The van der Waals surface area contributed by atoms with E-state index in [9.17, 15) is 18.0 Å². The van der Waals surface area contributed by atoms with Gasteiger partial charge in [-0.3, -0.25) is 13.9 Å². The van der Waals surface area contributed by atoms with E-state index >= 15 is 0 Å². The number of sulfonamides is 1. The van der Waals surface area contributed by atoms with Crippen LogP contribution in [0.4, 0.5) is 5.69 Å². The molecule has 0 radical (unpaired) electrons. The summed E-state index contributed by atoms with van der Waals surface area (Å²) in [7, 11) is -3.82. The third-order valence-electron chi connectivity index (χ3n) is 5.42. The lowest BCUT2D eigenvalue weighted by molar-refractivity contribution is -0.140. The molecule has 0 saturated heterocycles. The van der Waals surface area contributed by atoms with Gasteiger partial charge in [-0.25, -0.2) is 8.42 Å². The molecule has 0 heterocycles. The highest BCUT2D eigenvalue weighted by molar-refractivity contribution is 7.92. The molecule has 1 unspecified atom stereocenters. The summed E-state index contributed by atoms with van der Waals surface area (Å²) in [6.45, 7) is 10.1. The lowest BCUT2D eigenvalue weighted by Gasteiger charge is -2.34. The van der Waals surface area contributed by atoms with Gasteiger partial charge in [0.15, 0.2) is 0 Å². The lowest BCUT2D eigenvalue weighted by atomic mass is 10.1. The fraction of sp³-hybridized carbons (Fsp3) is 0.440. The van der Waals surface area contributed by atoms with Gasteiger partial charge in [-0.15, -0.1) is 0 Å². The average Bonchev–Trinajstić information content (AvgIpc) is 2.70. The van der Waals surface area contributed by atoms with Crippen LogP contribution in [0.5, 0.6) is 0 Å². The number of nitrogens with zero attached hydrogens (tertiary/aromatic N) is 2. The number of hydrogen-bond donors (Lipinski definition) is 1. The van der Waals surface area contributed by atoms with E-state index in [1.54, 1.807) is 51.1 Å². The third kappa shape index (κ3) is 7.59. The average molecular weight is 543 g/mol. The van der Waals surface area contributed by atoms with Gasteiger partial charge in [0.25, 0.3) is 0 Å². The zero-order chi connectivity index (χ0) is 26.7. The van der Waals surface area contributed by atoms with Gasteiger partial charge in [-0.2, -0.15) is 0 Å². The van der Waals surface area contributed by atoms with Crippen LogP contribution in [-0.4, -0.2) is 49.5 Å². The summed E-state index contributed by atoms with van der Waals surface area (Å²) < 4.78 is 26.7. The van der Waals surface area contributed by atoms with Crippen LogP contribution in [0.25, 0.3) is 0 Å². The van der Waals surface area contributed by atoms with E-state index in [4.69, 9.17) is 23.2 Å². The summed E-state index contributed by atoms with van der Waals surface area (Å²) in [4.78, 5) is 28.0. The van der Waals surface area contributed by atoms with E-state index in [0.29, 0.717) is 32.4 Å². The molecule has 10 heteroatoms. The minimum Gasteiger partial charge on any atom is -0.350 e. The van der Waals surface area contributed by atoms with Gasteiger partial charge in [0.05, 0.1) is 11.9 Å². The van der Waals surface area contributed by atoms with Crippen LogP contribution in [-0.2, 0) is 26.2 Å². The summed E-state index contributed by atoms with van der Waals surface area (Å²) in [5.74, 6) is -0.947. The second-order valence-electron chi connectivity index (χ2n) is 9.65. The molecule has 192 valence electrons. The summed E-state index contributed by atoms with van der Waals surface area (Å²) in [6, 6.07) is 9.43. The van der Waals surface area contributed by atoms with Crippen molar-refractivity contribution in [3.63, 3.8) is 0 Å². The summed E-state index contributed by atoms with van der Waals surface area (Å²) >= 11 is 12.7. The molecule has 2 rings (SSSR count). The summed E-state index contributed by atoms with van der Waals surface area (Å²) in [6.07, 6.45) is 1.05. The zero-order valence-corrected chi connectivity index (χ0v) is 23.5. The van der Waals surface area contributed by atoms with Crippen molar-refractivity contribution in [2.75, 3.05) is 17.1 Å². The predicted molar refractivity (Wildman–Crippen MR) is 142 cm³/mol. The summed E-state index contributed by atoms with van der Waals surface area (Å²) in [5.41, 5.74) is 1.80. The number of benzene rings is 2. The Kier molecular flexibility index (Phi) is 9.25. The maximum atomic E-state index is 13.7. The van der Waals surface area contributed by atoms with Crippen molar-refractivity contribution < 1.29 is 18.0 Å². The normalized spacial score (nSPS) is 12.7. The fourth-order valence-electron chi connectivity index (χ4n) is 3.69. The molecule has 0 fully saturated rings. The molecule has 35 heavy (non-hydrogen) atoms. The van der Waals surface area contributed by atoms with E-state index in [1.165, 1.54) is 4.90 Å². The largest absolute Gasteiger partial charge is 0.350 e. The first-order valence-corrected chi connectivity index (χ1v) is 13.7. The maximum Gasteiger partial charge on any atom is 0.244 e. The standard InChI is InChI=1S/C25H33Cl2N3O4S/c1-16-10-8-11-17(2)23(16)30(35(7,33)34)15-22(31)29(18(3)24(32)28-25(4,5)6)14-19-20(26)12-9-13-21(19)27/h8-13,18H,14-15H2,1-7H3,(H,28,32). The molecule has 0 aliphatic rings. The minimum atomic E-state index is -3.82. The van der Waals surface area contributed by atoms with E-state index in [-0.39, 0.29) is 12.5 Å². The van der Waals surface area contributed by atoms with Gasteiger partial charge in [0.1, 0.15) is 12.6 Å². The predicted octanol–water partition coefficient (Wildman–Crippen LogP) is 4.71. The van der Waals surface area contributed by atoms with Crippen LogP contribution < -0.4 is 9.62 Å². The molecule has 0 bridgehead atoms. The molecule has 0 spiro atoms. The summed E-state index contributed by atoms with van der Waals surface area (Å²) in [5, 5.41) is 3.55. The molecular formula is C25H33Cl2N3O4S. The number of para-hydroxylation sites is 1. The maximum absolute atomic E-state index is 13.7. The van der Waals surface area contributed by atoms with Crippen LogP contribution >= 0.6 is 23.2 Å². The number of anilines is 1. The Bertz CT molecular complexity index is 1170. The first-order valence-electron chi connectivity index (χ1n) is 11.1. The number of rotatable bonds is 8. The Balaban J connectivity index is 2.53. The molecule has 2 aromatic carbocycles. The van der Waals surface area contributed by atoms with Gasteiger partial charge >= 0.3 is 0 Å². The van der Waals surface area contributed by atoms with Crippen molar-refractivity contribution in [2.45, 2.75) is 59.7 Å². The second-order valence-corrected chi connectivity index (χ2v) is 12.4. The van der Waals surface area contributed by atoms with Gasteiger partial charge in [-0.05, 0) is 64.8 Å². The van der Waals surface area contributed by atoms with Crippen molar-refractivity contribution in [3.8, 4) is 0 Å². The van der Waals surface area contributed by atoms with Crippen molar-refractivity contribution in [1.29, 1.82) is 0 Å². The monoisotopic (exact) mass is 541 g/mol. The van der Waals surface area contributed by atoms with E-state index in [0.717, 1.165) is 10.6 Å². The smallest absolute Gasteiger partial charge is 0.244 e. The highest BCUT2D eigenvalue weighted by Crippen LogP contribution is 2.29. The number of halogens is 2. The number of amides is 2. The zero-order valence-electron chi connectivity index (χ0n) is 21.1. The fourth-order valence-corrected chi connectivity index (χ4v) is 5.17. The number of carbonyl (C=O) groups excluding carboxylic acids is 2. The molecule has 0 aliphatic carbocycles. The van der Waals surface area contributed by atoms with E-state index in [2.05, 4.69) is 5.32 Å². The Morgan fingerprint density at radius 3 is 1.94 bits per heavy atom. The Hall–Kier alpha value is -2.29. The molecule has 0 saturated carbocycles. The van der Waals surface area contributed by atoms with Gasteiger partial charge < -0.3 is 10.2 Å². The highest BCUT2D eigenvalue weighted by atomic mass is 35.5. The molecule has 0 aromatic heterocycles. The first-order chi connectivity index (χ1) is 16.0. The van der Waals surface area contributed by atoms with E-state index < -0.39 is 34.1 Å². The Morgan fingerprint density at radius 2 is 1.49 bits per heavy atom. The van der Waals surface area contributed by atoms with Crippen LogP contribution in [0.3, 0.4) is 0 Å². The molecule has 0 aliphatic heterocycles. The number of aryl methyl sites for hydroxylation is 2.